The van der Waals surface area contributed by atoms with Crippen LogP contribution in [-0.4, -0.2) is 43.0 Å². The van der Waals surface area contributed by atoms with Gasteiger partial charge in [-0.3, -0.25) is 0 Å². The molecule has 29 rings (SSSR count). The monoisotopic (exact) mass is 1630 g/mol. The van der Waals surface area contributed by atoms with Gasteiger partial charge in [0.05, 0.1) is 61.2 Å². The molecule has 0 atom stereocenters. The van der Waals surface area contributed by atoms with Crippen LogP contribution in [-0.2, 0) is 0 Å². The van der Waals surface area contributed by atoms with Crippen molar-refractivity contribution in [2.45, 2.75) is 0 Å². The summed E-state index contributed by atoms with van der Waals surface area (Å²) in [4.78, 5) is 5.13. The van der Waals surface area contributed by atoms with Crippen molar-refractivity contribution in [3.63, 3.8) is 0 Å². The van der Waals surface area contributed by atoms with Gasteiger partial charge in [-0.05, 0) is 170 Å². The van der Waals surface area contributed by atoms with Crippen LogP contribution in [0.3, 0.4) is 0 Å². The first-order valence-electron chi connectivity index (χ1n) is 42.4. The van der Waals surface area contributed by atoms with Crippen LogP contribution >= 0.6 is 0 Å². The number of benzene rings is 18. The van der Waals surface area contributed by atoms with E-state index in [0.29, 0.717) is 78.6 Å². The van der Waals surface area contributed by atoms with Crippen molar-refractivity contribution < 1.29 is 31.1 Å². The number of hydrogen-bond acceptors (Lipinski definition) is 4. The molecule has 9 nitrogen and oxygen atoms in total. The lowest BCUT2D eigenvalue weighted by molar-refractivity contribution is 0.487. The predicted molar refractivity (Wildman–Crippen MR) is 502 cm³/mol. The normalized spacial score (nSPS) is 13.6. The summed E-state index contributed by atoms with van der Waals surface area (Å²) in [6, 6.07) is 112. The fraction of sp³-hybridized carbons (Fsp3) is 0. The van der Waals surface area contributed by atoms with E-state index in [1.807, 2.05) is 115 Å². The standard InChI is InChI=1S/C108H57B3F6N8O/c112-77-34-19-35-78(113)106(77)123-91-56-92-74(54-73(91)109-71-32-17-30-69-67-28-7-15-46-89(67)121(104(69)71)94-48-58(50-96(123)101(94)109)118-83-40-9-1-22-61(83)62-23-2-10-41-84(62)118)111-76-55-75-93(57-99(76)126-100-53-60(52-98(103(100)111)124(92)107-79(114)36-20-37-80(107)115)120-87-44-13-5-26-65(87)66-27-6-14-45-88(66)120)125(108-81(116)38-21-39-82(108)117)97-51-59(119-85-42-11-3-24-63(85)64-25-4-12-43-86(64)119)49-95-102(97)110(75)72-33-18-31-70-68-29-8-16-47-90(68)122(95)105(70)72/h1-57H. The van der Waals surface area contributed by atoms with Gasteiger partial charge in [-0.1, -0.05) is 212 Å². The number of nitrogens with zero attached hydrogens (tertiary/aromatic N) is 8. The van der Waals surface area contributed by atoms with Crippen molar-refractivity contribution in [1.29, 1.82) is 0 Å². The second-order valence-electron chi connectivity index (χ2n) is 34.0. The molecule has 0 fully saturated rings. The van der Waals surface area contributed by atoms with Gasteiger partial charge in [-0.2, -0.15) is 0 Å². The van der Waals surface area contributed by atoms with Gasteiger partial charge in [-0.25, -0.2) is 26.3 Å². The Hall–Kier alpha value is -16.1. The van der Waals surface area contributed by atoms with Crippen molar-refractivity contribution in [3.05, 3.63) is 381 Å². The second-order valence-corrected chi connectivity index (χ2v) is 34.0. The van der Waals surface area contributed by atoms with Crippen molar-refractivity contribution in [2.24, 2.45) is 0 Å². The molecule has 0 saturated heterocycles. The second kappa shape index (κ2) is 24.4. The minimum absolute atomic E-state index is 0.297. The van der Waals surface area contributed by atoms with E-state index < -0.39 is 60.7 Å². The molecule has 5 aromatic heterocycles. The molecule has 6 aliphatic heterocycles. The Morgan fingerprint density at radius 1 is 0.190 bits per heavy atom. The molecule has 126 heavy (non-hydrogen) atoms. The van der Waals surface area contributed by atoms with Crippen LogP contribution in [0.2, 0.25) is 0 Å². The third-order valence-electron chi connectivity index (χ3n) is 28.0. The Balaban J connectivity index is 0.769. The number of fused-ring (bicyclic) bond motifs is 27. The van der Waals surface area contributed by atoms with Crippen molar-refractivity contribution >= 4 is 230 Å². The van der Waals surface area contributed by atoms with Gasteiger partial charge in [0, 0.05) is 123 Å². The van der Waals surface area contributed by atoms with Gasteiger partial charge in [0.2, 0.25) is 0 Å². The fourth-order valence-corrected chi connectivity index (χ4v) is 23.3. The van der Waals surface area contributed by atoms with Gasteiger partial charge >= 0.3 is 0 Å². The summed E-state index contributed by atoms with van der Waals surface area (Å²) in [7, 11) is 0. The smallest absolute Gasteiger partial charge is 0.256 e. The Kier molecular flexibility index (Phi) is 13.3. The zero-order valence-electron chi connectivity index (χ0n) is 66.4. The molecule has 0 spiro atoms. The van der Waals surface area contributed by atoms with Crippen molar-refractivity contribution in [3.8, 4) is 39.9 Å². The summed E-state index contributed by atoms with van der Waals surface area (Å²) in [5, 5.41) is 10.1. The van der Waals surface area contributed by atoms with E-state index in [-0.39, 0.29) is 11.4 Å². The van der Waals surface area contributed by atoms with Gasteiger partial charge in [0.25, 0.3) is 20.1 Å². The molecule has 0 bridgehead atoms. The van der Waals surface area contributed by atoms with E-state index >= 15 is 26.3 Å². The van der Waals surface area contributed by atoms with Gasteiger partial charge < -0.3 is 42.3 Å². The minimum atomic E-state index is -0.923. The number of anilines is 9. The number of aromatic nitrogens is 5. The molecule has 0 saturated carbocycles. The van der Waals surface area contributed by atoms with Gasteiger partial charge in [0.1, 0.15) is 63.5 Å². The van der Waals surface area contributed by atoms with Crippen molar-refractivity contribution in [2.75, 3.05) is 14.7 Å². The van der Waals surface area contributed by atoms with Crippen LogP contribution in [0.5, 0.6) is 11.5 Å². The molecule has 0 unspecified atom stereocenters. The minimum Gasteiger partial charge on any atom is -0.458 e. The van der Waals surface area contributed by atoms with E-state index in [1.54, 1.807) is 14.7 Å². The Bertz CT molecular complexity index is 8810. The number of halogens is 6. The summed E-state index contributed by atoms with van der Waals surface area (Å²) >= 11 is 0. The maximum Gasteiger partial charge on any atom is 0.256 e. The summed E-state index contributed by atoms with van der Waals surface area (Å²) in [6.45, 7) is -2.27. The molecule has 11 heterocycles. The average Bonchev–Trinajstić information content (AvgIpc) is 1.16. The lowest BCUT2D eigenvalue weighted by Gasteiger charge is -2.45. The van der Waals surface area contributed by atoms with Crippen LogP contribution in [0.4, 0.5) is 77.5 Å². The third-order valence-corrected chi connectivity index (χ3v) is 28.0. The SMILES string of the molecule is Fc1cccc(F)c1N1c2cc3c(cc2B2c4cc5c(cc4Oc4cc(-n6c7ccccc7c7ccccc76)cc1c42)N(c1c(F)cccc1F)c1cc(-n2c4ccccc4c4ccccc42)cc2c1B5c1cccc4c5ccccc5n-2c14)B1c2c(cc(-n4c5ccccc5c5ccccc54)cc2-n2c4ccccc4c4cccc1c42)N3c1c(F)cccc1F. The van der Waals surface area contributed by atoms with Crippen molar-refractivity contribution in [1.82, 2.24) is 22.8 Å². The van der Waals surface area contributed by atoms with Crippen LogP contribution < -0.4 is 68.6 Å². The van der Waals surface area contributed by atoms with Crippen LogP contribution in [0.15, 0.2) is 346 Å². The largest absolute Gasteiger partial charge is 0.458 e. The van der Waals surface area contributed by atoms with Gasteiger partial charge in [0.15, 0.2) is 0 Å². The molecular weight excluding hydrogens is 1570 g/mol. The molecule has 18 aromatic carbocycles. The number of rotatable bonds is 6. The molecule has 23 aromatic rings. The lowest BCUT2D eigenvalue weighted by atomic mass is 9.29. The molecule has 0 amide bonds. The zero-order valence-corrected chi connectivity index (χ0v) is 66.4. The zero-order chi connectivity index (χ0) is 82.8. The fourth-order valence-electron chi connectivity index (χ4n) is 23.3. The predicted octanol–water partition coefficient (Wildman–Crippen LogP) is 21.6. The first-order chi connectivity index (χ1) is 62.1. The quantitative estimate of drug-likeness (QED) is 0.123. The van der Waals surface area contributed by atoms with Gasteiger partial charge in [-0.15, -0.1) is 0 Å². The van der Waals surface area contributed by atoms with E-state index in [9.17, 15) is 0 Å². The summed E-state index contributed by atoms with van der Waals surface area (Å²) in [5.41, 5.74) is 20.7. The molecule has 0 radical (unpaired) electrons. The maximum atomic E-state index is 18.5. The topological polar surface area (TPSA) is 43.6 Å². The molecular formula is C108H57B3F6N8O. The third kappa shape index (κ3) is 8.64. The highest BCUT2D eigenvalue weighted by Gasteiger charge is 2.52. The average molecular weight is 1630 g/mol. The molecule has 6 aliphatic rings. The van der Waals surface area contributed by atoms with E-state index in [2.05, 4.69) is 199 Å². The number of ether oxygens (including phenoxy) is 1. The molecule has 0 N–H and O–H groups in total. The first-order valence-corrected chi connectivity index (χ1v) is 42.4. The van der Waals surface area contributed by atoms with Crippen LogP contribution in [0.25, 0.3) is 137 Å². The van der Waals surface area contributed by atoms with E-state index in [0.717, 1.165) is 154 Å². The summed E-state index contributed by atoms with van der Waals surface area (Å²) < 4.78 is 130. The molecule has 18 heteroatoms. The maximum absolute atomic E-state index is 18.5. The highest BCUT2D eigenvalue weighted by atomic mass is 19.2. The number of para-hydroxylation sites is 13. The first kappa shape index (κ1) is 68.6. The highest BCUT2D eigenvalue weighted by molar-refractivity contribution is 7.04. The van der Waals surface area contributed by atoms with Crippen LogP contribution in [0.1, 0.15) is 0 Å². The lowest BCUT2D eigenvalue weighted by Crippen LogP contribution is -2.65. The van der Waals surface area contributed by atoms with Crippen LogP contribution in [0, 0.1) is 34.9 Å². The molecule has 0 aliphatic carbocycles. The highest BCUT2D eigenvalue weighted by Crippen LogP contribution is 2.53. The van der Waals surface area contributed by atoms with E-state index in [4.69, 9.17) is 4.74 Å². The Labute approximate surface area is 714 Å². The Morgan fingerprint density at radius 2 is 0.452 bits per heavy atom. The molecule has 586 valence electrons. The number of hydrogen-bond donors (Lipinski definition) is 0. The Morgan fingerprint density at radius 3 is 0.802 bits per heavy atom. The van der Waals surface area contributed by atoms with E-state index in [1.165, 1.54) is 54.6 Å². The summed E-state index contributed by atoms with van der Waals surface area (Å²) in [6.07, 6.45) is 0. The summed E-state index contributed by atoms with van der Waals surface area (Å²) in [5.74, 6) is -4.38.